The predicted octanol–water partition coefficient (Wildman–Crippen LogP) is 2.78. The van der Waals surface area contributed by atoms with Crippen LogP contribution in [0.15, 0.2) is 41.8 Å². The minimum Gasteiger partial charge on any atom is -0.326 e. The van der Waals surface area contributed by atoms with E-state index in [4.69, 9.17) is 5.26 Å². The number of hydrogen-bond acceptors (Lipinski definition) is 4. The standard InChI is InChI=1S/C15H13N3O2S/c16-8-7-14(19)17-11-3-5-12(6-4-11)18-15(20)10-13-2-1-9-21-13/h1-6,9H,7,10H2,(H,17,19)(H,18,20). The number of thiophene rings is 1. The van der Waals surface area contributed by atoms with E-state index in [0.29, 0.717) is 17.8 Å². The fourth-order valence-electron chi connectivity index (χ4n) is 1.69. The SMILES string of the molecule is N#CCC(=O)Nc1ccc(NC(=O)Cc2cccs2)cc1. The normalized spacial score (nSPS) is 9.67. The summed E-state index contributed by atoms with van der Waals surface area (Å²) in [5, 5.41) is 15.7. The summed E-state index contributed by atoms with van der Waals surface area (Å²) in [5.74, 6) is -0.439. The molecule has 0 atom stereocenters. The van der Waals surface area contributed by atoms with Gasteiger partial charge in [0, 0.05) is 16.3 Å². The smallest absolute Gasteiger partial charge is 0.238 e. The average molecular weight is 299 g/mol. The molecule has 1 aromatic heterocycles. The minimum atomic E-state index is -0.355. The molecule has 6 heteroatoms. The van der Waals surface area contributed by atoms with E-state index in [1.807, 2.05) is 17.5 Å². The van der Waals surface area contributed by atoms with Gasteiger partial charge in [-0.25, -0.2) is 0 Å². The largest absolute Gasteiger partial charge is 0.326 e. The molecule has 0 saturated heterocycles. The highest BCUT2D eigenvalue weighted by Gasteiger charge is 2.05. The van der Waals surface area contributed by atoms with Crippen LogP contribution in [0.3, 0.4) is 0 Å². The maximum atomic E-state index is 11.8. The van der Waals surface area contributed by atoms with E-state index in [1.165, 1.54) is 0 Å². The maximum absolute atomic E-state index is 11.8. The van der Waals surface area contributed by atoms with Crippen LogP contribution in [-0.4, -0.2) is 11.8 Å². The molecule has 0 fully saturated rings. The maximum Gasteiger partial charge on any atom is 0.238 e. The van der Waals surface area contributed by atoms with Gasteiger partial charge in [-0.1, -0.05) is 6.07 Å². The lowest BCUT2D eigenvalue weighted by atomic mass is 10.2. The molecule has 106 valence electrons. The first-order chi connectivity index (χ1) is 10.2. The van der Waals surface area contributed by atoms with E-state index in [2.05, 4.69) is 10.6 Å². The molecule has 2 amide bonds. The minimum absolute atomic E-state index is 0.0845. The average Bonchev–Trinajstić information content (AvgIpc) is 2.94. The Morgan fingerprint density at radius 3 is 2.19 bits per heavy atom. The lowest BCUT2D eigenvalue weighted by Gasteiger charge is -2.06. The van der Waals surface area contributed by atoms with Crippen LogP contribution < -0.4 is 10.6 Å². The molecule has 0 aliphatic carbocycles. The van der Waals surface area contributed by atoms with Gasteiger partial charge in [0.2, 0.25) is 11.8 Å². The Hall–Kier alpha value is -2.65. The van der Waals surface area contributed by atoms with Gasteiger partial charge in [0.1, 0.15) is 6.42 Å². The molecule has 5 nitrogen and oxygen atoms in total. The molecule has 0 saturated carbocycles. The van der Waals surface area contributed by atoms with Crippen molar-refractivity contribution in [3.8, 4) is 6.07 Å². The van der Waals surface area contributed by atoms with Crippen molar-refractivity contribution in [1.82, 2.24) is 0 Å². The van der Waals surface area contributed by atoms with Gasteiger partial charge in [-0.15, -0.1) is 11.3 Å². The lowest BCUT2D eigenvalue weighted by molar-refractivity contribution is -0.116. The zero-order valence-corrected chi connectivity index (χ0v) is 11.9. The van der Waals surface area contributed by atoms with Gasteiger partial charge in [-0.3, -0.25) is 9.59 Å². The van der Waals surface area contributed by atoms with Gasteiger partial charge in [0.25, 0.3) is 0 Å². The number of nitriles is 1. The number of carbonyl (C=O) groups is 2. The summed E-state index contributed by atoms with van der Waals surface area (Å²) in [5.41, 5.74) is 1.25. The zero-order valence-electron chi connectivity index (χ0n) is 11.1. The Bertz CT molecular complexity index is 657. The highest BCUT2D eigenvalue weighted by atomic mass is 32.1. The third-order valence-corrected chi connectivity index (χ3v) is 3.48. The zero-order chi connectivity index (χ0) is 15.1. The Balaban J connectivity index is 1.89. The second kappa shape index (κ2) is 7.22. The Morgan fingerprint density at radius 1 is 1.05 bits per heavy atom. The van der Waals surface area contributed by atoms with E-state index < -0.39 is 0 Å². The molecule has 1 aromatic carbocycles. The second-order valence-corrected chi connectivity index (χ2v) is 5.30. The van der Waals surface area contributed by atoms with Crippen molar-refractivity contribution >= 4 is 34.5 Å². The molecule has 0 aliphatic rings. The monoisotopic (exact) mass is 299 g/mol. The van der Waals surface area contributed by atoms with Gasteiger partial charge < -0.3 is 10.6 Å². The van der Waals surface area contributed by atoms with Gasteiger partial charge in [-0.2, -0.15) is 5.26 Å². The van der Waals surface area contributed by atoms with E-state index in [0.717, 1.165) is 4.88 Å². The van der Waals surface area contributed by atoms with Crippen LogP contribution in [0, 0.1) is 11.3 Å². The molecule has 2 aromatic rings. The van der Waals surface area contributed by atoms with Crippen molar-refractivity contribution in [2.75, 3.05) is 10.6 Å². The van der Waals surface area contributed by atoms with Crippen LogP contribution in [0.1, 0.15) is 11.3 Å². The molecule has 0 aliphatic heterocycles. The summed E-state index contributed by atoms with van der Waals surface area (Å²) in [7, 11) is 0. The molecular weight excluding hydrogens is 286 g/mol. The van der Waals surface area contributed by atoms with Crippen molar-refractivity contribution in [3.63, 3.8) is 0 Å². The number of benzene rings is 1. The molecule has 0 radical (unpaired) electrons. The van der Waals surface area contributed by atoms with Crippen LogP contribution in [0.5, 0.6) is 0 Å². The Morgan fingerprint density at radius 2 is 1.67 bits per heavy atom. The van der Waals surface area contributed by atoms with Gasteiger partial charge >= 0.3 is 0 Å². The highest BCUT2D eigenvalue weighted by molar-refractivity contribution is 7.10. The predicted molar refractivity (Wildman–Crippen MR) is 82.0 cm³/mol. The number of rotatable bonds is 5. The fourth-order valence-corrected chi connectivity index (χ4v) is 2.39. The summed E-state index contributed by atoms with van der Waals surface area (Å²) < 4.78 is 0. The number of nitrogens with one attached hydrogen (secondary N) is 2. The first-order valence-corrected chi connectivity index (χ1v) is 7.14. The van der Waals surface area contributed by atoms with Gasteiger partial charge in [0.15, 0.2) is 0 Å². The quantitative estimate of drug-likeness (QED) is 0.890. The van der Waals surface area contributed by atoms with Crippen molar-refractivity contribution in [3.05, 3.63) is 46.7 Å². The summed E-state index contributed by atoms with van der Waals surface area (Å²) in [6, 6.07) is 12.4. The molecule has 0 spiro atoms. The van der Waals surface area contributed by atoms with Gasteiger partial charge in [-0.05, 0) is 35.7 Å². The third kappa shape index (κ3) is 4.75. The summed E-state index contributed by atoms with van der Waals surface area (Å²) in [6.07, 6.45) is 0.164. The third-order valence-electron chi connectivity index (χ3n) is 2.61. The van der Waals surface area contributed by atoms with Crippen molar-refractivity contribution < 1.29 is 9.59 Å². The fraction of sp³-hybridized carbons (Fsp3) is 0.133. The van der Waals surface area contributed by atoms with Gasteiger partial charge in [0.05, 0.1) is 12.5 Å². The Kier molecular flexibility index (Phi) is 5.07. The topological polar surface area (TPSA) is 82.0 Å². The molecule has 2 N–H and O–H groups in total. The molecule has 1 heterocycles. The second-order valence-electron chi connectivity index (χ2n) is 4.26. The van der Waals surface area contributed by atoms with E-state index in [-0.39, 0.29) is 18.2 Å². The van der Waals surface area contributed by atoms with E-state index in [1.54, 1.807) is 41.7 Å². The Labute approximate surface area is 126 Å². The number of nitrogens with zero attached hydrogens (tertiary/aromatic N) is 1. The van der Waals surface area contributed by atoms with Crippen molar-refractivity contribution in [2.24, 2.45) is 0 Å². The van der Waals surface area contributed by atoms with Crippen molar-refractivity contribution in [2.45, 2.75) is 12.8 Å². The molecule has 2 rings (SSSR count). The summed E-state index contributed by atoms with van der Waals surface area (Å²) in [6.45, 7) is 0. The van der Waals surface area contributed by atoms with Crippen LogP contribution in [-0.2, 0) is 16.0 Å². The summed E-state index contributed by atoms with van der Waals surface area (Å²) >= 11 is 1.54. The highest BCUT2D eigenvalue weighted by Crippen LogP contribution is 2.15. The molecule has 0 bridgehead atoms. The number of amides is 2. The van der Waals surface area contributed by atoms with Crippen LogP contribution in [0.2, 0.25) is 0 Å². The van der Waals surface area contributed by atoms with Crippen LogP contribution >= 0.6 is 11.3 Å². The van der Waals surface area contributed by atoms with E-state index in [9.17, 15) is 9.59 Å². The van der Waals surface area contributed by atoms with E-state index >= 15 is 0 Å². The first-order valence-electron chi connectivity index (χ1n) is 6.26. The van der Waals surface area contributed by atoms with Crippen molar-refractivity contribution in [1.29, 1.82) is 5.26 Å². The molecular formula is C15H13N3O2S. The summed E-state index contributed by atoms with van der Waals surface area (Å²) in [4.78, 5) is 24.1. The molecule has 0 unspecified atom stereocenters. The van der Waals surface area contributed by atoms with Crippen LogP contribution in [0.25, 0.3) is 0 Å². The number of hydrogen-bond donors (Lipinski definition) is 2. The van der Waals surface area contributed by atoms with Crippen LogP contribution in [0.4, 0.5) is 11.4 Å². The molecule has 21 heavy (non-hydrogen) atoms. The first kappa shape index (κ1) is 14.8. The number of carbonyl (C=O) groups excluding carboxylic acids is 2. The lowest BCUT2D eigenvalue weighted by Crippen LogP contribution is -2.14. The number of anilines is 2.